The van der Waals surface area contributed by atoms with Gasteiger partial charge in [0.1, 0.15) is 0 Å². The second-order valence-corrected chi connectivity index (χ2v) is 9.74. The summed E-state index contributed by atoms with van der Waals surface area (Å²) in [6.45, 7) is 8.18. The summed E-state index contributed by atoms with van der Waals surface area (Å²) in [5.74, 6) is 1.06. The van der Waals surface area contributed by atoms with Crippen LogP contribution in [-0.4, -0.2) is 52.0 Å². The van der Waals surface area contributed by atoms with Crippen LogP contribution in [0.5, 0.6) is 0 Å². The van der Waals surface area contributed by atoms with Crippen molar-refractivity contribution < 1.29 is 9.59 Å². The fourth-order valence-electron chi connectivity index (χ4n) is 4.30. The first kappa shape index (κ1) is 20.8. The molecule has 2 aliphatic rings. The Bertz CT molecular complexity index is 949. The number of hydrogen-bond acceptors (Lipinski definition) is 3. The molecule has 1 spiro atoms. The first-order valence-corrected chi connectivity index (χ1v) is 11.5. The number of urea groups is 1. The van der Waals surface area contributed by atoms with Crippen molar-refractivity contribution in [3.05, 3.63) is 64.7 Å². The maximum atomic E-state index is 13.2. The minimum absolute atomic E-state index is 0.0574. The fourth-order valence-corrected chi connectivity index (χ4v) is 5.76. The molecule has 30 heavy (non-hydrogen) atoms. The molecule has 2 aromatic rings. The van der Waals surface area contributed by atoms with Crippen LogP contribution in [0.25, 0.3) is 0 Å². The van der Waals surface area contributed by atoms with Crippen molar-refractivity contribution in [2.24, 2.45) is 0 Å². The summed E-state index contributed by atoms with van der Waals surface area (Å²) in [4.78, 5) is 29.7. The van der Waals surface area contributed by atoms with E-state index in [1.54, 1.807) is 0 Å². The first-order valence-electron chi connectivity index (χ1n) is 10.5. The van der Waals surface area contributed by atoms with E-state index < -0.39 is 0 Å². The van der Waals surface area contributed by atoms with Gasteiger partial charge in [0.2, 0.25) is 0 Å². The number of amides is 3. The standard InChI is InChI=1S/C24H29N3O2S/c1-17-7-9-20(10-8-17)22(28)27-15-16-30-24(27)11-13-26(14-12-24)23(29)25-21-6-4-5-18(2)19(21)3/h4-10H,11-16H2,1-3H3,(H,25,29). The van der Waals surface area contributed by atoms with Gasteiger partial charge in [0.25, 0.3) is 5.91 Å². The fraction of sp³-hybridized carbons (Fsp3) is 0.417. The van der Waals surface area contributed by atoms with Gasteiger partial charge in [0.15, 0.2) is 0 Å². The Kier molecular flexibility index (Phi) is 5.78. The smallest absolute Gasteiger partial charge is 0.321 e. The Hall–Kier alpha value is -2.47. The summed E-state index contributed by atoms with van der Waals surface area (Å²) in [6, 6.07) is 13.7. The van der Waals surface area contributed by atoms with Gasteiger partial charge in [-0.3, -0.25) is 4.79 Å². The van der Waals surface area contributed by atoms with E-state index in [0.29, 0.717) is 13.1 Å². The lowest BCUT2D eigenvalue weighted by Gasteiger charge is -2.44. The van der Waals surface area contributed by atoms with Crippen LogP contribution in [0.4, 0.5) is 10.5 Å². The van der Waals surface area contributed by atoms with E-state index in [9.17, 15) is 9.59 Å². The molecule has 2 saturated heterocycles. The van der Waals surface area contributed by atoms with Gasteiger partial charge in [-0.05, 0) is 62.9 Å². The van der Waals surface area contributed by atoms with E-state index in [-0.39, 0.29) is 16.8 Å². The molecule has 4 rings (SSSR count). The number of aryl methyl sites for hydroxylation is 2. The molecule has 0 atom stereocenters. The quantitative estimate of drug-likeness (QED) is 0.753. The molecule has 158 valence electrons. The Morgan fingerprint density at radius 1 is 0.967 bits per heavy atom. The Labute approximate surface area is 182 Å². The zero-order valence-corrected chi connectivity index (χ0v) is 18.7. The van der Waals surface area contributed by atoms with Gasteiger partial charge in [-0.2, -0.15) is 0 Å². The second kappa shape index (κ2) is 8.34. The largest absolute Gasteiger partial charge is 0.324 e. The van der Waals surface area contributed by atoms with E-state index in [1.165, 1.54) is 0 Å². The van der Waals surface area contributed by atoms with E-state index in [0.717, 1.165) is 53.1 Å². The van der Waals surface area contributed by atoms with Crippen molar-refractivity contribution in [1.82, 2.24) is 9.80 Å². The average molecular weight is 424 g/mol. The molecule has 2 aliphatic heterocycles. The molecule has 0 aromatic heterocycles. The third kappa shape index (κ3) is 3.93. The number of likely N-dealkylation sites (tertiary alicyclic amines) is 1. The number of benzene rings is 2. The zero-order valence-electron chi connectivity index (χ0n) is 17.9. The molecule has 2 aromatic carbocycles. The molecular weight excluding hydrogens is 394 g/mol. The van der Waals surface area contributed by atoms with Crippen LogP contribution in [-0.2, 0) is 0 Å². The summed E-state index contributed by atoms with van der Waals surface area (Å²) in [6.07, 6.45) is 1.60. The zero-order chi connectivity index (χ0) is 21.3. The molecule has 1 N–H and O–H groups in total. The normalized spacial score (nSPS) is 18.0. The number of rotatable bonds is 2. The van der Waals surface area contributed by atoms with E-state index in [1.807, 2.05) is 84.8 Å². The summed E-state index contributed by atoms with van der Waals surface area (Å²) >= 11 is 1.87. The molecule has 0 radical (unpaired) electrons. The number of anilines is 1. The van der Waals surface area contributed by atoms with E-state index in [2.05, 4.69) is 5.32 Å². The van der Waals surface area contributed by atoms with Gasteiger partial charge in [-0.25, -0.2) is 4.79 Å². The van der Waals surface area contributed by atoms with E-state index in [4.69, 9.17) is 0 Å². The maximum absolute atomic E-state index is 13.2. The third-order valence-corrected chi connectivity index (χ3v) is 7.95. The highest BCUT2D eigenvalue weighted by Crippen LogP contribution is 2.44. The van der Waals surface area contributed by atoms with Crippen molar-refractivity contribution >= 4 is 29.4 Å². The lowest BCUT2D eigenvalue weighted by atomic mass is 10.0. The molecule has 2 heterocycles. The molecule has 0 saturated carbocycles. The van der Waals surface area contributed by atoms with Gasteiger partial charge >= 0.3 is 6.03 Å². The monoisotopic (exact) mass is 423 g/mol. The van der Waals surface area contributed by atoms with Crippen LogP contribution < -0.4 is 5.32 Å². The molecule has 3 amide bonds. The predicted molar refractivity (Wildman–Crippen MR) is 123 cm³/mol. The molecule has 5 nitrogen and oxygen atoms in total. The van der Waals surface area contributed by atoms with Crippen LogP contribution in [0, 0.1) is 20.8 Å². The number of hydrogen-bond donors (Lipinski definition) is 1. The lowest BCUT2D eigenvalue weighted by molar-refractivity contribution is 0.0585. The van der Waals surface area contributed by atoms with Gasteiger partial charge in [-0.1, -0.05) is 29.8 Å². The molecular formula is C24H29N3O2S. The number of piperidine rings is 1. The van der Waals surface area contributed by atoms with Gasteiger partial charge in [0.05, 0.1) is 4.87 Å². The third-order valence-electron chi connectivity index (χ3n) is 6.40. The van der Waals surface area contributed by atoms with Crippen molar-refractivity contribution in [3.8, 4) is 0 Å². The second-order valence-electron chi connectivity index (χ2n) is 8.28. The highest BCUT2D eigenvalue weighted by Gasteiger charge is 2.47. The van der Waals surface area contributed by atoms with Crippen molar-refractivity contribution in [1.29, 1.82) is 0 Å². The highest BCUT2D eigenvalue weighted by molar-refractivity contribution is 8.00. The summed E-state index contributed by atoms with van der Waals surface area (Å²) in [5.41, 5.74) is 5.03. The lowest BCUT2D eigenvalue weighted by Crippen LogP contribution is -2.54. The number of thioether (sulfide) groups is 1. The van der Waals surface area contributed by atoms with Crippen molar-refractivity contribution in [2.75, 3.05) is 30.7 Å². The van der Waals surface area contributed by atoms with Crippen LogP contribution in [0.2, 0.25) is 0 Å². The maximum Gasteiger partial charge on any atom is 0.321 e. The number of nitrogens with zero attached hydrogens (tertiary/aromatic N) is 2. The Morgan fingerprint density at radius 3 is 2.37 bits per heavy atom. The van der Waals surface area contributed by atoms with Crippen LogP contribution in [0.15, 0.2) is 42.5 Å². The first-order chi connectivity index (χ1) is 14.4. The minimum Gasteiger partial charge on any atom is -0.324 e. The van der Waals surface area contributed by atoms with Crippen molar-refractivity contribution in [3.63, 3.8) is 0 Å². The van der Waals surface area contributed by atoms with Crippen LogP contribution in [0.3, 0.4) is 0 Å². The molecule has 6 heteroatoms. The molecule has 0 bridgehead atoms. The Morgan fingerprint density at radius 2 is 1.67 bits per heavy atom. The number of carbonyl (C=O) groups excluding carboxylic acids is 2. The van der Waals surface area contributed by atoms with E-state index >= 15 is 0 Å². The number of nitrogens with one attached hydrogen (secondary N) is 1. The summed E-state index contributed by atoms with van der Waals surface area (Å²) in [5, 5.41) is 3.06. The van der Waals surface area contributed by atoms with Gasteiger partial charge < -0.3 is 15.1 Å². The van der Waals surface area contributed by atoms with Gasteiger partial charge in [0, 0.05) is 36.6 Å². The predicted octanol–water partition coefficient (Wildman–Crippen LogP) is 4.83. The molecule has 2 fully saturated rings. The molecule has 0 unspecified atom stereocenters. The van der Waals surface area contributed by atoms with Crippen LogP contribution in [0.1, 0.15) is 39.9 Å². The average Bonchev–Trinajstić information content (AvgIpc) is 3.14. The van der Waals surface area contributed by atoms with Gasteiger partial charge in [-0.15, -0.1) is 11.8 Å². The summed E-state index contributed by atoms with van der Waals surface area (Å²) in [7, 11) is 0. The Balaban J connectivity index is 1.42. The SMILES string of the molecule is Cc1ccc(C(=O)N2CCSC23CCN(C(=O)Nc2cccc(C)c2C)CC3)cc1. The highest BCUT2D eigenvalue weighted by atomic mass is 32.2. The molecule has 0 aliphatic carbocycles. The minimum atomic E-state index is -0.196. The topological polar surface area (TPSA) is 52.7 Å². The summed E-state index contributed by atoms with van der Waals surface area (Å²) < 4.78 is 0. The van der Waals surface area contributed by atoms with Crippen LogP contribution >= 0.6 is 11.8 Å². The van der Waals surface area contributed by atoms with Crippen molar-refractivity contribution in [2.45, 2.75) is 38.5 Å². The number of carbonyl (C=O) groups is 2.